The maximum atomic E-state index is 14.6. The van der Waals surface area contributed by atoms with Gasteiger partial charge in [0.15, 0.2) is 0 Å². The maximum absolute atomic E-state index is 14.6. The van der Waals surface area contributed by atoms with Crippen molar-refractivity contribution in [2.75, 3.05) is 47.9 Å². The van der Waals surface area contributed by atoms with Crippen LogP contribution in [0.15, 0.2) is 42.5 Å². The van der Waals surface area contributed by atoms with E-state index in [2.05, 4.69) is 16.0 Å². The highest BCUT2D eigenvalue weighted by Crippen LogP contribution is 2.30. The predicted octanol–water partition coefficient (Wildman–Crippen LogP) is 1.49. The zero-order valence-electron chi connectivity index (χ0n) is 43.6. The van der Waals surface area contributed by atoms with E-state index in [9.17, 15) is 48.3 Å². The number of nitrogens with one attached hydrogen (secondary N) is 3. The van der Waals surface area contributed by atoms with E-state index >= 15 is 0 Å². The molecule has 20 heteroatoms. The summed E-state index contributed by atoms with van der Waals surface area (Å²) in [7, 11) is 3.94. The van der Waals surface area contributed by atoms with Crippen molar-refractivity contribution in [3.63, 3.8) is 0 Å². The average molecular weight is 984 g/mol. The first kappa shape index (κ1) is 56.9. The van der Waals surface area contributed by atoms with Crippen molar-refractivity contribution in [3.05, 3.63) is 48.0 Å². The minimum absolute atomic E-state index is 0.0295. The number of hydrogen-bond acceptors (Lipinski definition) is 12. The molecule has 0 unspecified atom stereocenters. The number of imide groups is 1. The largest absolute Gasteiger partial charge is 0.480 e. The van der Waals surface area contributed by atoms with Gasteiger partial charge in [-0.05, 0) is 42.6 Å². The van der Waals surface area contributed by atoms with E-state index in [0.29, 0.717) is 25.8 Å². The zero-order chi connectivity index (χ0) is 53.3. The lowest BCUT2D eigenvalue weighted by Gasteiger charge is -2.41. The molecule has 0 radical (unpaired) electrons. The van der Waals surface area contributed by atoms with Crippen LogP contribution >= 0.6 is 0 Å². The van der Waals surface area contributed by atoms with Crippen LogP contribution in [0.25, 0.3) is 0 Å². The Bertz CT molecular complexity index is 2020. The zero-order valence-corrected chi connectivity index (χ0v) is 42.6. The van der Waals surface area contributed by atoms with Gasteiger partial charge in [0.2, 0.25) is 35.4 Å². The van der Waals surface area contributed by atoms with Crippen LogP contribution < -0.4 is 21.7 Å². The molecule has 2 heterocycles. The van der Waals surface area contributed by atoms with Crippen LogP contribution in [0.5, 0.6) is 0 Å². The predicted molar refractivity (Wildman–Crippen MR) is 260 cm³/mol. The molecule has 0 aromatic heterocycles. The lowest BCUT2D eigenvalue weighted by atomic mass is 9.89. The molecule has 1 saturated heterocycles. The summed E-state index contributed by atoms with van der Waals surface area (Å²) in [4.78, 5) is 125. The average Bonchev–Trinajstić information content (AvgIpc) is 3.95. The van der Waals surface area contributed by atoms with Gasteiger partial charge in [0.25, 0.3) is 11.8 Å². The lowest BCUT2D eigenvalue weighted by molar-refractivity contribution is -0.148. The monoisotopic (exact) mass is 984 g/mol. The molecule has 0 aliphatic carbocycles. The fourth-order valence-electron chi connectivity index (χ4n) is 9.21. The van der Waals surface area contributed by atoms with Crippen molar-refractivity contribution < 1.29 is 59.1 Å². The second-order valence-corrected chi connectivity index (χ2v) is 19.1. The number of nitrogens with zero attached hydrogens (tertiary/aromatic N) is 4. The van der Waals surface area contributed by atoms with Gasteiger partial charge in [0, 0.05) is 74.3 Å². The SMILES string of the molecule is [2H]CN(C(=O)CC[C@H](N)C(=O)O)[C@H](C(=O)N[C@H](C(=O)N(C)[C@@H]([C@@H](C)CC)[C@@H](CC(=O)N1CCC[C@H]1[C@H](OC)[C@@H](C)C(=O)N[C@@H](Cc1ccccc1)C(=O)NCCN1C(=O)C=CC1=O)OC)C(C)C)C(C)C. The van der Waals surface area contributed by atoms with Crippen molar-refractivity contribution >= 4 is 53.2 Å². The second-order valence-electron chi connectivity index (χ2n) is 19.1. The Kier molecular flexibility index (Phi) is 22.4. The summed E-state index contributed by atoms with van der Waals surface area (Å²) in [6, 6.07) is 3.36. The van der Waals surface area contributed by atoms with Crippen LogP contribution in [0.2, 0.25) is 0 Å². The van der Waals surface area contributed by atoms with Gasteiger partial charge in [0.05, 0.1) is 36.6 Å². The first-order chi connectivity index (χ1) is 33.5. The number of rotatable bonds is 28. The minimum Gasteiger partial charge on any atom is -0.480 e. The highest BCUT2D eigenvalue weighted by atomic mass is 16.5. The molecule has 390 valence electrons. The number of ether oxygens (including phenoxy) is 2. The third-order valence-corrected chi connectivity index (χ3v) is 13.5. The van der Waals surface area contributed by atoms with Crippen LogP contribution in [0.1, 0.15) is 93.9 Å². The standard InChI is InChI=1S/C50H78N8O12/c1-12-31(6)44(56(9)49(66)42(29(2)3)54-48(65)43(30(4)5)55(8)38(59)21-20-34(51)50(67)68)37(69-10)28-41(62)57-25-16-19-36(57)45(70-11)32(7)46(63)53-35(27-33-17-14-13-15-18-33)47(64)52-24-26-58-39(60)22-23-40(58)61/h13-15,17-18,22-23,29-32,34-37,42-45H,12,16,19-21,24-28,51H2,1-11H3,(H,52,64)(H,53,63)(H,54,65)(H,67,68)/t31-,32+,34-,35-,36-,37+,42-,43-,44-,45+/m0/s1/i8D. The van der Waals surface area contributed by atoms with Crippen molar-refractivity contribution in [3.8, 4) is 0 Å². The van der Waals surface area contributed by atoms with E-state index in [-0.39, 0.29) is 50.6 Å². The summed E-state index contributed by atoms with van der Waals surface area (Å²) < 4.78 is 20.1. The Morgan fingerprint density at radius 3 is 2.09 bits per heavy atom. The molecule has 2 aliphatic heterocycles. The fourth-order valence-corrected chi connectivity index (χ4v) is 9.21. The van der Waals surface area contributed by atoms with Gasteiger partial charge in [-0.3, -0.25) is 48.1 Å². The molecule has 0 bridgehead atoms. The molecule has 20 nitrogen and oxygen atoms in total. The summed E-state index contributed by atoms with van der Waals surface area (Å²) in [6.45, 7) is 12.8. The van der Waals surface area contributed by atoms with Gasteiger partial charge in [-0.25, -0.2) is 0 Å². The third-order valence-electron chi connectivity index (χ3n) is 13.5. The number of benzene rings is 1. The number of carbonyl (C=O) groups is 9. The van der Waals surface area contributed by atoms with Gasteiger partial charge in [-0.1, -0.05) is 85.2 Å². The van der Waals surface area contributed by atoms with Crippen LogP contribution in [-0.4, -0.2) is 174 Å². The van der Waals surface area contributed by atoms with E-state index in [0.717, 1.165) is 27.5 Å². The molecular weight excluding hydrogens is 905 g/mol. The van der Waals surface area contributed by atoms with E-state index in [1.165, 1.54) is 19.1 Å². The molecule has 0 saturated carbocycles. The van der Waals surface area contributed by atoms with Gasteiger partial charge >= 0.3 is 5.97 Å². The number of carbonyl (C=O) groups excluding carboxylic acids is 8. The second kappa shape index (κ2) is 27.6. The molecular formula is C50H78N8O12. The quantitative estimate of drug-likeness (QED) is 0.0747. The number of aliphatic carboxylic acids is 1. The molecule has 8 amide bonds. The third kappa shape index (κ3) is 15.6. The lowest BCUT2D eigenvalue weighted by Crippen LogP contribution is -2.60. The van der Waals surface area contributed by atoms with Crippen LogP contribution in [0.3, 0.4) is 0 Å². The first-order valence-electron chi connectivity index (χ1n) is 24.9. The number of carboxylic acids is 1. The number of likely N-dealkylation sites (tertiary alicyclic amines) is 1. The smallest absolute Gasteiger partial charge is 0.320 e. The van der Waals surface area contributed by atoms with E-state index < -0.39 is 121 Å². The number of likely N-dealkylation sites (N-methyl/N-ethyl adjacent to an activating group) is 2. The summed E-state index contributed by atoms with van der Waals surface area (Å²) in [6.07, 6.45) is 1.99. The van der Waals surface area contributed by atoms with Crippen LogP contribution in [-0.2, 0) is 59.0 Å². The van der Waals surface area contributed by atoms with E-state index in [1.807, 2.05) is 44.2 Å². The number of carboxylic acid groups (broad SMARTS) is 1. The van der Waals surface area contributed by atoms with Crippen molar-refractivity contribution in [2.24, 2.45) is 29.4 Å². The number of hydrogen-bond donors (Lipinski definition) is 5. The Morgan fingerprint density at radius 1 is 0.900 bits per heavy atom. The molecule has 10 atom stereocenters. The molecule has 1 aromatic rings. The first-order valence-corrected chi connectivity index (χ1v) is 24.2. The maximum Gasteiger partial charge on any atom is 0.320 e. The number of amides is 8. The molecule has 0 spiro atoms. The topological polar surface area (TPSA) is 267 Å². The Hall–Kier alpha value is -5.73. The number of methoxy groups -OCH3 is 2. The van der Waals surface area contributed by atoms with Crippen LogP contribution in [0.4, 0.5) is 0 Å². The Balaban J connectivity index is 1.80. The highest BCUT2D eigenvalue weighted by Gasteiger charge is 2.44. The summed E-state index contributed by atoms with van der Waals surface area (Å²) in [5, 5.41) is 17.7. The van der Waals surface area contributed by atoms with Crippen molar-refractivity contribution in [1.82, 2.24) is 35.6 Å². The summed E-state index contributed by atoms with van der Waals surface area (Å²) >= 11 is 0. The Morgan fingerprint density at radius 2 is 1.54 bits per heavy atom. The highest BCUT2D eigenvalue weighted by molar-refractivity contribution is 6.12. The molecule has 70 heavy (non-hydrogen) atoms. The van der Waals surface area contributed by atoms with Crippen molar-refractivity contribution in [1.29, 1.82) is 0 Å². The molecule has 1 fully saturated rings. The normalized spacial score (nSPS) is 18.8. The minimum atomic E-state index is -1.30. The van der Waals surface area contributed by atoms with Crippen LogP contribution in [0, 0.1) is 23.7 Å². The fraction of sp³-hybridized carbons (Fsp3) is 0.660. The van der Waals surface area contributed by atoms with E-state index in [1.54, 1.807) is 46.6 Å². The summed E-state index contributed by atoms with van der Waals surface area (Å²) in [5.41, 5.74) is 6.39. The number of nitrogens with two attached hydrogens (primary N) is 1. The molecule has 6 N–H and O–H groups in total. The Labute approximate surface area is 414 Å². The van der Waals surface area contributed by atoms with Crippen molar-refractivity contribution in [2.45, 2.75) is 142 Å². The van der Waals surface area contributed by atoms with Gasteiger partial charge in [0.1, 0.15) is 24.2 Å². The van der Waals surface area contributed by atoms with Gasteiger partial charge in [-0.2, -0.15) is 0 Å². The molecule has 3 rings (SSSR count). The van der Waals surface area contributed by atoms with Gasteiger partial charge in [-0.15, -0.1) is 0 Å². The van der Waals surface area contributed by atoms with E-state index in [4.69, 9.17) is 16.6 Å². The van der Waals surface area contributed by atoms with Gasteiger partial charge < -0.3 is 51.0 Å². The molecule has 2 aliphatic rings. The summed E-state index contributed by atoms with van der Waals surface area (Å²) in [5.74, 6) is -7.22. The molecule has 1 aromatic carbocycles.